The summed E-state index contributed by atoms with van der Waals surface area (Å²) in [6.07, 6.45) is 4.04. The van der Waals surface area contributed by atoms with E-state index in [1.807, 2.05) is 12.1 Å². The van der Waals surface area contributed by atoms with Gasteiger partial charge in [0.1, 0.15) is 0 Å². The van der Waals surface area contributed by atoms with Gasteiger partial charge < -0.3 is 11.1 Å². The number of nitrogens with one attached hydrogen (secondary N) is 1. The van der Waals surface area contributed by atoms with Gasteiger partial charge in [0, 0.05) is 18.3 Å². The van der Waals surface area contributed by atoms with Crippen molar-refractivity contribution >= 4 is 5.69 Å². The van der Waals surface area contributed by atoms with E-state index in [-0.39, 0.29) is 0 Å². The van der Waals surface area contributed by atoms with Crippen LogP contribution in [0.4, 0.5) is 5.69 Å². The lowest BCUT2D eigenvalue weighted by Gasteiger charge is -2.34. The Hall–Kier alpha value is -1.02. The minimum atomic E-state index is 0.651. The molecule has 1 fully saturated rings. The van der Waals surface area contributed by atoms with Crippen LogP contribution in [0.2, 0.25) is 0 Å². The fourth-order valence-electron chi connectivity index (χ4n) is 2.81. The van der Waals surface area contributed by atoms with Gasteiger partial charge in [-0.15, -0.1) is 0 Å². The minimum absolute atomic E-state index is 0.651. The van der Waals surface area contributed by atoms with E-state index >= 15 is 0 Å². The summed E-state index contributed by atoms with van der Waals surface area (Å²) < 4.78 is 0. The summed E-state index contributed by atoms with van der Waals surface area (Å²) >= 11 is 0. The molecule has 3 atom stereocenters. The molecular weight excluding hydrogens is 208 g/mol. The molecule has 1 aromatic rings. The summed E-state index contributed by atoms with van der Waals surface area (Å²) in [5.41, 5.74) is 8.08. The summed E-state index contributed by atoms with van der Waals surface area (Å²) in [5, 5.41) is 3.68. The molecule has 1 aromatic carbocycles. The number of hydrogen-bond donors (Lipinski definition) is 2. The van der Waals surface area contributed by atoms with Crippen LogP contribution in [0.15, 0.2) is 24.3 Å². The molecule has 3 unspecified atom stereocenters. The molecular formula is C15H24N2. The normalized spacial score (nSPS) is 29.2. The monoisotopic (exact) mass is 232 g/mol. The van der Waals surface area contributed by atoms with E-state index in [0.717, 1.165) is 24.1 Å². The molecule has 1 aliphatic rings. The maximum absolute atomic E-state index is 5.96. The van der Waals surface area contributed by atoms with Crippen molar-refractivity contribution in [2.24, 2.45) is 11.8 Å². The van der Waals surface area contributed by atoms with Gasteiger partial charge in [-0.3, -0.25) is 0 Å². The second kappa shape index (κ2) is 5.54. The van der Waals surface area contributed by atoms with Gasteiger partial charge in [-0.2, -0.15) is 0 Å². The van der Waals surface area contributed by atoms with Gasteiger partial charge in [0.25, 0.3) is 0 Å². The molecule has 0 amide bonds. The van der Waals surface area contributed by atoms with Crippen molar-refractivity contribution in [3.8, 4) is 0 Å². The summed E-state index contributed by atoms with van der Waals surface area (Å²) in [5.74, 6) is 1.61. The summed E-state index contributed by atoms with van der Waals surface area (Å²) in [6.45, 7) is 5.64. The van der Waals surface area contributed by atoms with Crippen LogP contribution in [-0.2, 0) is 6.54 Å². The largest absolute Gasteiger partial charge is 0.398 e. The van der Waals surface area contributed by atoms with E-state index in [1.54, 1.807) is 0 Å². The van der Waals surface area contributed by atoms with Crippen LogP contribution in [0.5, 0.6) is 0 Å². The van der Waals surface area contributed by atoms with E-state index in [0.29, 0.717) is 6.04 Å². The molecule has 0 spiro atoms. The van der Waals surface area contributed by atoms with Crippen LogP contribution >= 0.6 is 0 Å². The number of rotatable bonds is 3. The van der Waals surface area contributed by atoms with Crippen molar-refractivity contribution in [2.45, 2.75) is 45.7 Å². The Morgan fingerprint density at radius 1 is 1.24 bits per heavy atom. The Labute approximate surface area is 105 Å². The van der Waals surface area contributed by atoms with E-state index in [9.17, 15) is 0 Å². The third-order valence-corrected chi connectivity index (χ3v) is 4.32. The molecule has 0 aliphatic heterocycles. The predicted molar refractivity (Wildman–Crippen MR) is 73.7 cm³/mol. The van der Waals surface area contributed by atoms with Crippen molar-refractivity contribution in [2.75, 3.05) is 5.73 Å². The lowest BCUT2D eigenvalue weighted by atomic mass is 9.78. The average molecular weight is 232 g/mol. The van der Waals surface area contributed by atoms with Gasteiger partial charge >= 0.3 is 0 Å². The Morgan fingerprint density at radius 2 is 2.00 bits per heavy atom. The highest BCUT2D eigenvalue weighted by Gasteiger charge is 2.26. The second-order valence-corrected chi connectivity index (χ2v) is 5.45. The summed E-state index contributed by atoms with van der Waals surface area (Å²) in [7, 11) is 0. The topological polar surface area (TPSA) is 38.0 Å². The van der Waals surface area contributed by atoms with Crippen LogP contribution in [0, 0.1) is 11.8 Å². The Bertz CT molecular complexity index is 362. The highest BCUT2D eigenvalue weighted by molar-refractivity contribution is 5.46. The molecule has 0 heterocycles. The zero-order chi connectivity index (χ0) is 12.3. The number of anilines is 1. The first kappa shape index (κ1) is 12.4. The smallest absolute Gasteiger partial charge is 0.0359 e. The summed E-state index contributed by atoms with van der Waals surface area (Å²) in [6, 6.07) is 8.78. The number of para-hydroxylation sites is 1. The molecule has 2 heteroatoms. The molecule has 0 saturated heterocycles. The van der Waals surface area contributed by atoms with Gasteiger partial charge in [0.2, 0.25) is 0 Å². The molecule has 3 N–H and O–H groups in total. The fraction of sp³-hybridized carbons (Fsp3) is 0.600. The van der Waals surface area contributed by atoms with Gasteiger partial charge in [-0.25, -0.2) is 0 Å². The van der Waals surface area contributed by atoms with Crippen LogP contribution in [0.3, 0.4) is 0 Å². The predicted octanol–water partition coefficient (Wildman–Crippen LogP) is 3.18. The first-order valence-electron chi connectivity index (χ1n) is 6.75. The highest BCUT2D eigenvalue weighted by atomic mass is 14.9. The molecule has 2 rings (SSSR count). The van der Waals surface area contributed by atoms with Crippen molar-refractivity contribution < 1.29 is 0 Å². The minimum Gasteiger partial charge on any atom is -0.398 e. The van der Waals surface area contributed by atoms with Gasteiger partial charge in [-0.1, -0.05) is 44.9 Å². The quantitative estimate of drug-likeness (QED) is 0.785. The lowest BCUT2D eigenvalue weighted by Crippen LogP contribution is -2.40. The summed E-state index contributed by atoms with van der Waals surface area (Å²) in [4.78, 5) is 0. The molecule has 17 heavy (non-hydrogen) atoms. The number of hydrogen-bond acceptors (Lipinski definition) is 2. The van der Waals surface area contributed by atoms with Gasteiger partial charge in [0.05, 0.1) is 0 Å². The highest BCUT2D eigenvalue weighted by Crippen LogP contribution is 2.29. The number of nitrogens with two attached hydrogens (primary N) is 1. The van der Waals surface area contributed by atoms with Gasteiger partial charge in [0.15, 0.2) is 0 Å². The van der Waals surface area contributed by atoms with Crippen LogP contribution in [0.25, 0.3) is 0 Å². The standard InChI is InChI=1S/C15H24N2/c1-11-6-5-9-15(12(11)2)17-10-13-7-3-4-8-14(13)16/h3-4,7-8,11-12,15,17H,5-6,9-10,16H2,1-2H3. The first-order valence-corrected chi connectivity index (χ1v) is 6.75. The van der Waals surface area contributed by atoms with Crippen LogP contribution in [-0.4, -0.2) is 6.04 Å². The molecule has 1 aliphatic carbocycles. The zero-order valence-electron chi connectivity index (χ0n) is 10.9. The molecule has 1 saturated carbocycles. The average Bonchev–Trinajstić information content (AvgIpc) is 2.33. The van der Waals surface area contributed by atoms with Crippen molar-refractivity contribution in [3.63, 3.8) is 0 Å². The van der Waals surface area contributed by atoms with Crippen molar-refractivity contribution in [1.29, 1.82) is 0 Å². The van der Waals surface area contributed by atoms with Crippen molar-refractivity contribution in [1.82, 2.24) is 5.32 Å². The van der Waals surface area contributed by atoms with Crippen molar-refractivity contribution in [3.05, 3.63) is 29.8 Å². The zero-order valence-corrected chi connectivity index (χ0v) is 10.9. The third kappa shape index (κ3) is 3.01. The molecule has 0 radical (unpaired) electrons. The Morgan fingerprint density at radius 3 is 2.76 bits per heavy atom. The van der Waals surface area contributed by atoms with E-state index in [1.165, 1.54) is 24.8 Å². The van der Waals surface area contributed by atoms with E-state index in [2.05, 4.69) is 31.3 Å². The maximum atomic E-state index is 5.96. The molecule has 0 bridgehead atoms. The Balaban J connectivity index is 1.92. The molecule has 2 nitrogen and oxygen atoms in total. The first-order chi connectivity index (χ1) is 8.18. The third-order valence-electron chi connectivity index (χ3n) is 4.32. The number of nitrogen functional groups attached to an aromatic ring is 1. The number of benzene rings is 1. The molecule has 94 valence electrons. The van der Waals surface area contributed by atoms with Gasteiger partial charge in [-0.05, 0) is 29.9 Å². The lowest BCUT2D eigenvalue weighted by molar-refractivity contribution is 0.206. The van der Waals surface area contributed by atoms with Crippen LogP contribution in [0.1, 0.15) is 38.7 Å². The van der Waals surface area contributed by atoms with E-state index < -0.39 is 0 Å². The Kier molecular flexibility index (Phi) is 4.06. The second-order valence-electron chi connectivity index (χ2n) is 5.45. The fourth-order valence-corrected chi connectivity index (χ4v) is 2.81. The maximum Gasteiger partial charge on any atom is 0.0359 e. The molecule has 0 aromatic heterocycles. The SMILES string of the molecule is CC1CCCC(NCc2ccccc2N)C1C. The van der Waals surface area contributed by atoms with Crippen LogP contribution < -0.4 is 11.1 Å². The van der Waals surface area contributed by atoms with E-state index in [4.69, 9.17) is 5.73 Å².